The highest BCUT2D eigenvalue weighted by Crippen LogP contribution is 2.41. The molecular weight excluding hydrogens is 282 g/mol. The first-order valence-corrected chi connectivity index (χ1v) is 8.61. The van der Waals surface area contributed by atoms with Crippen LogP contribution in [-0.4, -0.2) is 8.42 Å². The predicted molar refractivity (Wildman–Crippen MR) is 76.8 cm³/mol. The highest BCUT2D eigenvalue weighted by Gasteiger charge is 2.20. The molecule has 3 rings (SSSR count). The highest BCUT2D eigenvalue weighted by atomic mass is 32.2. The lowest BCUT2D eigenvalue weighted by Crippen LogP contribution is -2.18. The zero-order valence-corrected chi connectivity index (χ0v) is 12.0. The van der Waals surface area contributed by atoms with Gasteiger partial charge in [0.2, 0.25) is 0 Å². The van der Waals surface area contributed by atoms with E-state index in [1.165, 1.54) is 36.6 Å². The largest absolute Gasteiger partial charge is 0.380 e. The fourth-order valence-electron chi connectivity index (χ4n) is 2.77. The summed E-state index contributed by atoms with van der Waals surface area (Å²) in [6.45, 7) is 0. The SMILES string of the molecule is NS(=O)(=O)Oc1ccc2c(C3CCCC3)csc2c1. The van der Waals surface area contributed by atoms with Crippen molar-refractivity contribution >= 4 is 31.7 Å². The van der Waals surface area contributed by atoms with E-state index < -0.39 is 10.3 Å². The Balaban J connectivity index is 1.97. The third-order valence-corrected chi connectivity index (χ3v) is 4.97. The molecule has 4 nitrogen and oxygen atoms in total. The summed E-state index contributed by atoms with van der Waals surface area (Å²) in [7, 11) is -3.95. The quantitative estimate of drug-likeness (QED) is 0.946. The molecule has 19 heavy (non-hydrogen) atoms. The lowest BCUT2D eigenvalue weighted by atomic mass is 9.97. The molecule has 2 N–H and O–H groups in total. The molecule has 1 heterocycles. The molecule has 1 fully saturated rings. The van der Waals surface area contributed by atoms with Crippen LogP contribution < -0.4 is 9.32 Å². The minimum atomic E-state index is -3.95. The van der Waals surface area contributed by atoms with Crippen LogP contribution in [-0.2, 0) is 10.3 Å². The second-order valence-corrected chi connectivity index (χ2v) is 6.97. The fraction of sp³-hybridized carbons (Fsp3) is 0.385. The lowest BCUT2D eigenvalue weighted by molar-refractivity contribution is 0.488. The zero-order valence-electron chi connectivity index (χ0n) is 10.3. The Morgan fingerprint density at radius 1 is 1.26 bits per heavy atom. The molecule has 0 saturated heterocycles. The number of nitrogens with two attached hydrogens (primary N) is 1. The van der Waals surface area contributed by atoms with E-state index in [2.05, 4.69) is 5.38 Å². The molecule has 0 atom stereocenters. The van der Waals surface area contributed by atoms with Crippen LogP contribution in [0.5, 0.6) is 5.75 Å². The van der Waals surface area contributed by atoms with E-state index in [4.69, 9.17) is 9.32 Å². The van der Waals surface area contributed by atoms with E-state index in [-0.39, 0.29) is 5.75 Å². The number of fused-ring (bicyclic) bond motifs is 1. The van der Waals surface area contributed by atoms with E-state index >= 15 is 0 Å². The van der Waals surface area contributed by atoms with Crippen molar-refractivity contribution in [3.05, 3.63) is 29.1 Å². The van der Waals surface area contributed by atoms with Gasteiger partial charge in [-0.3, -0.25) is 0 Å². The van der Waals surface area contributed by atoms with Gasteiger partial charge in [-0.15, -0.1) is 11.3 Å². The average Bonchev–Trinajstić information content (AvgIpc) is 2.93. The summed E-state index contributed by atoms with van der Waals surface area (Å²) in [6.07, 6.45) is 5.10. The molecule has 1 aliphatic carbocycles. The summed E-state index contributed by atoms with van der Waals surface area (Å²) in [5.41, 5.74) is 1.39. The highest BCUT2D eigenvalue weighted by molar-refractivity contribution is 7.84. The van der Waals surface area contributed by atoms with E-state index in [1.54, 1.807) is 23.5 Å². The summed E-state index contributed by atoms with van der Waals surface area (Å²) in [6, 6.07) is 5.33. The van der Waals surface area contributed by atoms with E-state index in [0.29, 0.717) is 5.92 Å². The van der Waals surface area contributed by atoms with Crippen LogP contribution >= 0.6 is 11.3 Å². The molecular formula is C13H15NO3S2. The summed E-state index contributed by atoms with van der Waals surface area (Å²) in [5.74, 6) is 0.925. The number of thiophene rings is 1. The lowest BCUT2D eigenvalue weighted by Gasteiger charge is -2.08. The Bertz CT molecular complexity index is 700. The molecule has 0 amide bonds. The third kappa shape index (κ3) is 2.75. The molecule has 0 bridgehead atoms. The van der Waals surface area contributed by atoms with Gasteiger partial charge >= 0.3 is 10.3 Å². The maximum Gasteiger partial charge on any atom is 0.380 e. The third-order valence-electron chi connectivity index (χ3n) is 3.58. The van der Waals surface area contributed by atoms with Crippen LogP contribution in [0.3, 0.4) is 0 Å². The number of rotatable bonds is 3. The molecule has 1 saturated carbocycles. The van der Waals surface area contributed by atoms with Gasteiger partial charge in [-0.1, -0.05) is 12.8 Å². The summed E-state index contributed by atoms with van der Waals surface area (Å²) >= 11 is 1.63. The maximum absolute atomic E-state index is 10.9. The first-order valence-electron chi connectivity index (χ1n) is 6.26. The van der Waals surface area contributed by atoms with Gasteiger partial charge in [0, 0.05) is 4.70 Å². The predicted octanol–water partition coefficient (Wildman–Crippen LogP) is 3.14. The minimum absolute atomic E-state index is 0.273. The maximum atomic E-state index is 10.9. The summed E-state index contributed by atoms with van der Waals surface area (Å²) < 4.78 is 27.6. The molecule has 0 aliphatic heterocycles. The van der Waals surface area contributed by atoms with Crippen LogP contribution in [0.4, 0.5) is 0 Å². The van der Waals surface area contributed by atoms with Gasteiger partial charge < -0.3 is 4.18 Å². The Labute approximate surface area is 116 Å². The van der Waals surface area contributed by atoms with Gasteiger partial charge in [-0.05, 0) is 53.3 Å². The molecule has 6 heteroatoms. The summed E-state index contributed by atoms with van der Waals surface area (Å²) in [5, 5.41) is 8.26. The van der Waals surface area contributed by atoms with Crippen molar-refractivity contribution in [2.75, 3.05) is 0 Å². The van der Waals surface area contributed by atoms with Crippen LogP contribution in [0, 0.1) is 0 Å². The van der Waals surface area contributed by atoms with Gasteiger partial charge in [0.1, 0.15) is 5.75 Å². The minimum Gasteiger partial charge on any atom is -0.371 e. The first-order chi connectivity index (χ1) is 9.03. The van der Waals surface area contributed by atoms with Crippen LogP contribution in [0.15, 0.2) is 23.6 Å². The Hall–Kier alpha value is -1.11. The second-order valence-electron chi connectivity index (χ2n) is 4.91. The average molecular weight is 297 g/mol. The van der Waals surface area contributed by atoms with Crippen LogP contribution in [0.1, 0.15) is 37.2 Å². The second kappa shape index (κ2) is 4.77. The van der Waals surface area contributed by atoms with Gasteiger partial charge in [0.05, 0.1) is 0 Å². The number of hydrogen-bond acceptors (Lipinski definition) is 4. The zero-order chi connectivity index (χ0) is 13.5. The topological polar surface area (TPSA) is 69.4 Å². The molecule has 0 radical (unpaired) electrons. The monoisotopic (exact) mass is 297 g/mol. The van der Waals surface area contributed by atoms with Crippen molar-refractivity contribution < 1.29 is 12.6 Å². The van der Waals surface area contributed by atoms with Crippen molar-refractivity contribution in [3.8, 4) is 5.75 Å². The van der Waals surface area contributed by atoms with Gasteiger partial charge in [0.15, 0.2) is 0 Å². The molecule has 102 valence electrons. The van der Waals surface area contributed by atoms with Crippen LogP contribution in [0.25, 0.3) is 10.1 Å². The van der Waals surface area contributed by atoms with Crippen molar-refractivity contribution in [3.63, 3.8) is 0 Å². The molecule has 1 aliphatic rings. The molecule has 0 unspecified atom stereocenters. The van der Waals surface area contributed by atoms with Gasteiger partial charge in [-0.25, -0.2) is 0 Å². The normalized spacial score (nSPS) is 17.1. The van der Waals surface area contributed by atoms with Crippen LogP contribution in [0.2, 0.25) is 0 Å². The molecule has 2 aromatic rings. The summed E-state index contributed by atoms with van der Waals surface area (Å²) in [4.78, 5) is 0. The first kappa shape index (κ1) is 12.9. The van der Waals surface area contributed by atoms with E-state index in [9.17, 15) is 8.42 Å². The standard InChI is InChI=1S/C13H15NO3S2/c14-19(15,16)17-10-5-6-11-12(8-18-13(11)7-10)9-3-1-2-4-9/h5-9H,1-4H2,(H2,14,15,16). The Morgan fingerprint density at radius 3 is 2.68 bits per heavy atom. The Morgan fingerprint density at radius 2 is 2.00 bits per heavy atom. The number of benzene rings is 1. The van der Waals surface area contributed by atoms with Crippen molar-refractivity contribution in [2.45, 2.75) is 31.6 Å². The number of hydrogen-bond donors (Lipinski definition) is 1. The molecule has 0 spiro atoms. The van der Waals surface area contributed by atoms with E-state index in [1.807, 2.05) is 6.07 Å². The van der Waals surface area contributed by atoms with E-state index in [0.717, 1.165) is 4.70 Å². The molecule has 1 aromatic carbocycles. The van der Waals surface area contributed by atoms with Crippen molar-refractivity contribution in [2.24, 2.45) is 5.14 Å². The van der Waals surface area contributed by atoms with Crippen molar-refractivity contribution in [1.29, 1.82) is 0 Å². The van der Waals surface area contributed by atoms with Gasteiger partial charge in [0.25, 0.3) is 0 Å². The Kier molecular flexibility index (Phi) is 3.24. The smallest absolute Gasteiger partial charge is 0.371 e. The van der Waals surface area contributed by atoms with Gasteiger partial charge in [-0.2, -0.15) is 13.6 Å². The fourth-order valence-corrected chi connectivity index (χ4v) is 4.21. The van der Waals surface area contributed by atoms with Crippen molar-refractivity contribution in [1.82, 2.24) is 0 Å². The molecule has 1 aromatic heterocycles.